The van der Waals surface area contributed by atoms with Gasteiger partial charge in [0.25, 0.3) is 10.2 Å². The summed E-state index contributed by atoms with van der Waals surface area (Å²) >= 11 is 6.10. The van der Waals surface area contributed by atoms with E-state index in [-0.39, 0.29) is 18.5 Å². The lowest BCUT2D eigenvalue weighted by Gasteiger charge is -2.23. The molecule has 10 heteroatoms. The van der Waals surface area contributed by atoms with Crippen molar-refractivity contribution in [2.24, 2.45) is 0 Å². The maximum atomic E-state index is 12.5. The molecule has 1 aliphatic heterocycles. The minimum absolute atomic E-state index is 0.0873. The van der Waals surface area contributed by atoms with Crippen LogP contribution in [0.1, 0.15) is 18.7 Å². The Bertz CT molecular complexity index is 826. The third-order valence-electron chi connectivity index (χ3n) is 3.98. The van der Waals surface area contributed by atoms with Crippen LogP contribution in [0.5, 0.6) is 0 Å². The number of nitrogens with zero attached hydrogens (tertiary/aromatic N) is 3. The van der Waals surface area contributed by atoms with Crippen LogP contribution in [0.15, 0.2) is 28.8 Å². The number of ether oxygens (including phenoxy) is 1. The highest BCUT2D eigenvalue weighted by Crippen LogP contribution is 2.25. The number of aromatic nitrogens is 2. The molecule has 0 radical (unpaired) electrons. The van der Waals surface area contributed by atoms with Gasteiger partial charge in [-0.25, -0.2) is 0 Å². The molecule has 2 heterocycles. The van der Waals surface area contributed by atoms with Gasteiger partial charge in [0.2, 0.25) is 11.7 Å². The third-order valence-corrected chi connectivity index (χ3v) is 5.92. The number of nitrogens with one attached hydrogen (secondary N) is 1. The van der Waals surface area contributed by atoms with Crippen LogP contribution in [-0.2, 0) is 21.5 Å². The van der Waals surface area contributed by atoms with Crippen LogP contribution in [0, 0.1) is 0 Å². The number of rotatable bonds is 7. The molecule has 1 aromatic carbocycles. The van der Waals surface area contributed by atoms with E-state index < -0.39 is 10.2 Å². The smallest absolute Gasteiger partial charge is 0.280 e. The predicted octanol–water partition coefficient (Wildman–Crippen LogP) is 1.84. The molecule has 1 aromatic heterocycles. The molecule has 0 aliphatic carbocycles. The van der Waals surface area contributed by atoms with Gasteiger partial charge in [-0.15, -0.1) is 0 Å². The van der Waals surface area contributed by atoms with E-state index in [1.165, 1.54) is 4.31 Å². The average molecular weight is 387 g/mol. The summed E-state index contributed by atoms with van der Waals surface area (Å²) in [5, 5.41) is 4.35. The van der Waals surface area contributed by atoms with Gasteiger partial charge in [0.05, 0.1) is 18.2 Å². The second-order valence-electron chi connectivity index (χ2n) is 5.68. The normalized spacial score (nSPS) is 18.7. The topological polar surface area (TPSA) is 97.6 Å². The molecule has 1 N–H and O–H groups in total. The van der Waals surface area contributed by atoms with Crippen molar-refractivity contribution in [2.75, 3.05) is 20.3 Å². The summed E-state index contributed by atoms with van der Waals surface area (Å²) in [5.41, 5.74) is 0.627. The summed E-state index contributed by atoms with van der Waals surface area (Å²) in [7, 11) is -2.08. The summed E-state index contributed by atoms with van der Waals surface area (Å²) in [5.74, 6) is 0.485. The monoisotopic (exact) mass is 386 g/mol. The zero-order valence-corrected chi connectivity index (χ0v) is 15.3. The number of hydrogen-bond acceptors (Lipinski definition) is 6. The summed E-state index contributed by atoms with van der Waals surface area (Å²) in [4.78, 5) is 4.19. The average Bonchev–Trinajstić information content (AvgIpc) is 3.23. The fourth-order valence-electron chi connectivity index (χ4n) is 2.80. The Morgan fingerprint density at radius 1 is 1.44 bits per heavy atom. The van der Waals surface area contributed by atoms with Gasteiger partial charge in [0.15, 0.2) is 0 Å². The molecule has 25 heavy (non-hydrogen) atoms. The van der Waals surface area contributed by atoms with Gasteiger partial charge in [-0.2, -0.15) is 22.4 Å². The van der Waals surface area contributed by atoms with Crippen molar-refractivity contribution in [3.05, 3.63) is 35.2 Å². The van der Waals surface area contributed by atoms with E-state index in [1.54, 1.807) is 25.3 Å². The van der Waals surface area contributed by atoms with Crippen LogP contribution in [0.2, 0.25) is 5.02 Å². The van der Waals surface area contributed by atoms with E-state index in [0.29, 0.717) is 29.6 Å². The molecule has 0 spiro atoms. The molecule has 0 bridgehead atoms. The molecular weight excluding hydrogens is 368 g/mol. The van der Waals surface area contributed by atoms with Crippen LogP contribution < -0.4 is 4.72 Å². The number of methoxy groups -OCH3 is 1. The second kappa shape index (κ2) is 7.79. The Morgan fingerprint density at radius 3 is 3.00 bits per heavy atom. The molecule has 1 aliphatic rings. The maximum absolute atomic E-state index is 12.5. The van der Waals surface area contributed by atoms with E-state index in [4.69, 9.17) is 20.9 Å². The zero-order valence-electron chi connectivity index (χ0n) is 13.7. The van der Waals surface area contributed by atoms with E-state index in [2.05, 4.69) is 14.9 Å². The highest BCUT2D eigenvalue weighted by atomic mass is 35.5. The summed E-state index contributed by atoms with van der Waals surface area (Å²) in [6, 6.07) is 6.94. The van der Waals surface area contributed by atoms with Crippen LogP contribution in [0.4, 0.5) is 0 Å². The van der Waals surface area contributed by atoms with E-state index in [0.717, 1.165) is 12.8 Å². The van der Waals surface area contributed by atoms with Crippen molar-refractivity contribution in [1.29, 1.82) is 0 Å². The Morgan fingerprint density at radius 2 is 2.24 bits per heavy atom. The first-order valence-electron chi connectivity index (χ1n) is 7.84. The molecule has 0 saturated carbocycles. The predicted molar refractivity (Wildman–Crippen MR) is 92.1 cm³/mol. The van der Waals surface area contributed by atoms with Gasteiger partial charge in [-0.1, -0.05) is 28.9 Å². The van der Waals surface area contributed by atoms with Crippen LogP contribution >= 0.6 is 11.6 Å². The van der Waals surface area contributed by atoms with Gasteiger partial charge in [0, 0.05) is 25.3 Å². The molecule has 0 amide bonds. The molecule has 2 aromatic rings. The molecular formula is C15H19ClN4O4S. The lowest BCUT2D eigenvalue weighted by molar-refractivity contribution is 0.148. The lowest BCUT2D eigenvalue weighted by Crippen LogP contribution is -2.44. The molecule has 0 unspecified atom stereocenters. The molecule has 1 saturated heterocycles. The van der Waals surface area contributed by atoms with Crippen molar-refractivity contribution in [1.82, 2.24) is 19.2 Å². The standard InChI is InChI=1S/C15H19ClN4O4S/c1-23-10-11-5-4-8-20(11)25(21,22)17-9-14-18-15(19-24-14)12-6-2-3-7-13(12)16/h2-3,6-7,11,17H,4-5,8-10H2,1H3/t11-/m0/s1. The van der Waals surface area contributed by atoms with Crippen LogP contribution in [0.25, 0.3) is 11.4 Å². The fourth-order valence-corrected chi connectivity index (χ4v) is 4.42. The van der Waals surface area contributed by atoms with Gasteiger partial charge < -0.3 is 9.26 Å². The van der Waals surface area contributed by atoms with Gasteiger partial charge >= 0.3 is 0 Å². The van der Waals surface area contributed by atoms with E-state index >= 15 is 0 Å². The summed E-state index contributed by atoms with van der Waals surface area (Å²) in [6.07, 6.45) is 1.60. The minimum Gasteiger partial charge on any atom is -0.383 e. The van der Waals surface area contributed by atoms with Crippen molar-refractivity contribution >= 4 is 21.8 Å². The molecule has 136 valence electrons. The first-order valence-corrected chi connectivity index (χ1v) is 9.66. The van der Waals surface area contributed by atoms with Gasteiger partial charge in [-0.3, -0.25) is 0 Å². The first kappa shape index (κ1) is 18.3. The fraction of sp³-hybridized carbons (Fsp3) is 0.467. The molecule has 1 fully saturated rings. The Balaban J connectivity index is 1.67. The third kappa shape index (κ3) is 4.18. The van der Waals surface area contributed by atoms with E-state index in [9.17, 15) is 8.42 Å². The Hall–Kier alpha value is -1.52. The number of benzene rings is 1. The van der Waals surface area contributed by atoms with Crippen LogP contribution in [0.3, 0.4) is 0 Å². The SMILES string of the molecule is COC[C@@H]1CCCN1S(=O)(=O)NCc1nc(-c2ccccc2Cl)no1. The summed E-state index contributed by atoms with van der Waals surface area (Å²) in [6.45, 7) is 0.756. The van der Waals surface area contributed by atoms with Crippen molar-refractivity contribution in [3.8, 4) is 11.4 Å². The quantitative estimate of drug-likeness (QED) is 0.779. The number of halogens is 1. The first-order chi connectivity index (χ1) is 12.0. The molecule has 8 nitrogen and oxygen atoms in total. The maximum Gasteiger partial charge on any atom is 0.280 e. The largest absolute Gasteiger partial charge is 0.383 e. The molecule has 1 atom stereocenters. The van der Waals surface area contributed by atoms with Gasteiger partial charge in [0.1, 0.15) is 0 Å². The number of hydrogen-bond donors (Lipinski definition) is 1. The Labute approximate surface area is 151 Å². The van der Waals surface area contributed by atoms with Crippen molar-refractivity contribution < 1.29 is 17.7 Å². The zero-order chi connectivity index (χ0) is 17.9. The summed E-state index contributed by atoms with van der Waals surface area (Å²) < 4.78 is 39.1. The van der Waals surface area contributed by atoms with Crippen molar-refractivity contribution in [2.45, 2.75) is 25.4 Å². The van der Waals surface area contributed by atoms with Crippen LogP contribution in [-0.4, -0.2) is 49.2 Å². The van der Waals surface area contributed by atoms with Gasteiger partial charge in [-0.05, 0) is 25.0 Å². The highest BCUT2D eigenvalue weighted by Gasteiger charge is 2.34. The second-order valence-corrected chi connectivity index (χ2v) is 7.79. The lowest BCUT2D eigenvalue weighted by atomic mass is 10.2. The van der Waals surface area contributed by atoms with E-state index in [1.807, 2.05) is 6.07 Å². The minimum atomic E-state index is -3.64. The Kier molecular flexibility index (Phi) is 5.70. The van der Waals surface area contributed by atoms with Crippen molar-refractivity contribution in [3.63, 3.8) is 0 Å². The molecule has 3 rings (SSSR count). The highest BCUT2D eigenvalue weighted by molar-refractivity contribution is 7.87.